The van der Waals surface area contributed by atoms with Gasteiger partial charge in [-0.1, -0.05) is 29.3 Å². The number of para-hydroxylation sites is 1. The number of hydrogen-bond donors (Lipinski definition) is 2. The zero-order valence-corrected chi connectivity index (χ0v) is 9.77. The first kappa shape index (κ1) is 12.6. The Morgan fingerprint density at radius 1 is 1.38 bits per heavy atom. The van der Waals surface area contributed by atoms with E-state index in [-0.39, 0.29) is 19.0 Å². The van der Waals surface area contributed by atoms with Crippen LogP contribution in [0, 0.1) is 11.3 Å². The molecule has 0 atom stereocenters. The van der Waals surface area contributed by atoms with Crippen LogP contribution in [-0.4, -0.2) is 19.0 Å². The van der Waals surface area contributed by atoms with Gasteiger partial charge in [0, 0.05) is 0 Å². The predicted octanol–water partition coefficient (Wildman–Crippen LogP) is 2.05. The normalized spacial score (nSPS) is 9.31. The van der Waals surface area contributed by atoms with E-state index in [1.165, 1.54) is 0 Å². The number of amides is 1. The minimum atomic E-state index is -0.294. The summed E-state index contributed by atoms with van der Waals surface area (Å²) in [6.07, 6.45) is 0. The fourth-order valence-corrected chi connectivity index (χ4v) is 1.57. The van der Waals surface area contributed by atoms with Gasteiger partial charge in [-0.15, -0.1) is 0 Å². The molecule has 1 amide bonds. The van der Waals surface area contributed by atoms with Crippen LogP contribution in [0.15, 0.2) is 18.2 Å². The van der Waals surface area contributed by atoms with Crippen LogP contribution in [0.2, 0.25) is 10.0 Å². The van der Waals surface area contributed by atoms with E-state index >= 15 is 0 Å². The molecule has 6 heteroatoms. The van der Waals surface area contributed by atoms with Crippen molar-refractivity contribution >= 4 is 34.8 Å². The van der Waals surface area contributed by atoms with Gasteiger partial charge in [0.05, 0.1) is 28.3 Å². The van der Waals surface area contributed by atoms with E-state index in [9.17, 15) is 4.79 Å². The van der Waals surface area contributed by atoms with E-state index in [4.69, 9.17) is 28.5 Å². The van der Waals surface area contributed by atoms with Crippen LogP contribution in [0.1, 0.15) is 0 Å². The molecule has 0 saturated heterocycles. The van der Waals surface area contributed by atoms with Gasteiger partial charge in [-0.2, -0.15) is 5.26 Å². The van der Waals surface area contributed by atoms with E-state index in [0.717, 1.165) is 0 Å². The van der Waals surface area contributed by atoms with Crippen LogP contribution in [-0.2, 0) is 4.79 Å². The van der Waals surface area contributed by atoms with Crippen molar-refractivity contribution in [2.45, 2.75) is 0 Å². The van der Waals surface area contributed by atoms with Gasteiger partial charge < -0.3 is 10.6 Å². The van der Waals surface area contributed by atoms with Gasteiger partial charge in [0.25, 0.3) is 0 Å². The maximum atomic E-state index is 11.2. The summed E-state index contributed by atoms with van der Waals surface area (Å²) in [7, 11) is 0. The quantitative estimate of drug-likeness (QED) is 0.812. The second-order valence-electron chi connectivity index (χ2n) is 2.89. The first-order valence-electron chi connectivity index (χ1n) is 4.46. The van der Waals surface area contributed by atoms with Crippen molar-refractivity contribution in [3.05, 3.63) is 28.2 Å². The third kappa shape index (κ3) is 3.61. The summed E-state index contributed by atoms with van der Waals surface area (Å²) in [6, 6.07) is 6.86. The van der Waals surface area contributed by atoms with E-state index < -0.39 is 0 Å². The molecule has 2 N–H and O–H groups in total. The van der Waals surface area contributed by atoms with E-state index in [0.29, 0.717) is 15.7 Å². The van der Waals surface area contributed by atoms with Gasteiger partial charge >= 0.3 is 0 Å². The van der Waals surface area contributed by atoms with Crippen LogP contribution in [0.4, 0.5) is 5.69 Å². The van der Waals surface area contributed by atoms with Gasteiger partial charge in [-0.05, 0) is 12.1 Å². The number of nitrogens with one attached hydrogen (secondary N) is 2. The summed E-state index contributed by atoms with van der Waals surface area (Å²) in [5.74, 6) is -0.294. The first-order chi connectivity index (χ1) is 7.65. The maximum Gasteiger partial charge on any atom is 0.240 e. The van der Waals surface area contributed by atoms with Crippen LogP contribution >= 0.6 is 23.2 Å². The van der Waals surface area contributed by atoms with E-state index in [1.807, 2.05) is 6.07 Å². The second-order valence-corrected chi connectivity index (χ2v) is 3.70. The van der Waals surface area contributed by atoms with Crippen LogP contribution in [0.25, 0.3) is 0 Å². The highest BCUT2D eigenvalue weighted by Crippen LogP contribution is 2.29. The van der Waals surface area contributed by atoms with Gasteiger partial charge in [-0.3, -0.25) is 4.79 Å². The number of benzene rings is 1. The van der Waals surface area contributed by atoms with Crippen molar-refractivity contribution in [1.82, 2.24) is 5.32 Å². The minimum Gasteiger partial charge on any atom is -0.374 e. The predicted molar refractivity (Wildman–Crippen MR) is 63.6 cm³/mol. The van der Waals surface area contributed by atoms with Gasteiger partial charge in [0.1, 0.15) is 6.54 Å². The number of anilines is 1. The third-order valence-corrected chi connectivity index (χ3v) is 2.38. The average molecular weight is 258 g/mol. The van der Waals surface area contributed by atoms with Gasteiger partial charge in [0.15, 0.2) is 0 Å². The Balaban J connectivity index is 2.55. The number of carbonyl (C=O) groups excluding carboxylic acids is 1. The molecule has 0 spiro atoms. The molecule has 0 heterocycles. The van der Waals surface area contributed by atoms with Crippen molar-refractivity contribution in [2.24, 2.45) is 0 Å². The Kier molecular flexibility index (Phi) is 4.90. The highest BCUT2D eigenvalue weighted by Gasteiger charge is 2.06. The second kappa shape index (κ2) is 6.21. The Bertz CT molecular complexity index is 408. The number of rotatable bonds is 4. The highest BCUT2D eigenvalue weighted by molar-refractivity contribution is 6.39. The fourth-order valence-electron chi connectivity index (χ4n) is 1.04. The standard InChI is InChI=1S/C10H9Cl2N3O/c11-7-2-1-3-8(12)10(7)15-6-9(16)14-5-4-13/h1-3,15H,5-6H2,(H,14,16). The summed E-state index contributed by atoms with van der Waals surface area (Å²) in [5.41, 5.74) is 0.512. The Labute approximate surface area is 103 Å². The average Bonchev–Trinajstić information content (AvgIpc) is 2.25. The number of halogens is 2. The molecule has 84 valence electrons. The number of nitriles is 1. The SMILES string of the molecule is N#CCNC(=O)CNc1c(Cl)cccc1Cl. The lowest BCUT2D eigenvalue weighted by Crippen LogP contribution is -2.30. The molecule has 0 aliphatic rings. The molecule has 0 fully saturated rings. The molecule has 0 aliphatic carbocycles. The molecule has 1 aromatic rings. The monoisotopic (exact) mass is 257 g/mol. The number of carbonyl (C=O) groups is 1. The van der Waals surface area contributed by atoms with Crippen molar-refractivity contribution in [1.29, 1.82) is 5.26 Å². The minimum absolute atomic E-state index is 0.0171. The molecule has 0 saturated carbocycles. The van der Waals surface area contributed by atoms with E-state index in [2.05, 4.69) is 10.6 Å². The Morgan fingerprint density at radius 2 is 2.00 bits per heavy atom. The fraction of sp³-hybridized carbons (Fsp3) is 0.200. The largest absolute Gasteiger partial charge is 0.374 e. The molecular weight excluding hydrogens is 249 g/mol. The maximum absolute atomic E-state index is 11.2. The van der Waals surface area contributed by atoms with Crippen molar-refractivity contribution in [3.8, 4) is 6.07 Å². The van der Waals surface area contributed by atoms with Crippen molar-refractivity contribution < 1.29 is 4.79 Å². The van der Waals surface area contributed by atoms with Gasteiger partial charge in [0.2, 0.25) is 5.91 Å². The highest BCUT2D eigenvalue weighted by atomic mass is 35.5. The molecule has 0 unspecified atom stereocenters. The molecule has 0 aromatic heterocycles. The summed E-state index contributed by atoms with van der Waals surface area (Å²) in [6.45, 7) is 0.00189. The first-order valence-corrected chi connectivity index (χ1v) is 5.22. The molecule has 0 radical (unpaired) electrons. The summed E-state index contributed by atoms with van der Waals surface area (Å²) in [4.78, 5) is 11.2. The summed E-state index contributed by atoms with van der Waals surface area (Å²) in [5, 5.41) is 14.3. The molecule has 4 nitrogen and oxygen atoms in total. The Hall–Kier alpha value is -1.44. The Morgan fingerprint density at radius 3 is 2.56 bits per heavy atom. The zero-order valence-electron chi connectivity index (χ0n) is 8.26. The summed E-state index contributed by atoms with van der Waals surface area (Å²) < 4.78 is 0. The third-order valence-electron chi connectivity index (χ3n) is 1.75. The number of hydrogen-bond acceptors (Lipinski definition) is 3. The molecule has 1 aromatic carbocycles. The topological polar surface area (TPSA) is 64.9 Å². The molecule has 1 rings (SSSR count). The smallest absolute Gasteiger partial charge is 0.240 e. The zero-order chi connectivity index (χ0) is 12.0. The molecule has 16 heavy (non-hydrogen) atoms. The summed E-state index contributed by atoms with van der Waals surface area (Å²) >= 11 is 11.8. The molecule has 0 aliphatic heterocycles. The van der Waals surface area contributed by atoms with Crippen LogP contribution < -0.4 is 10.6 Å². The van der Waals surface area contributed by atoms with Gasteiger partial charge in [-0.25, -0.2) is 0 Å². The lowest BCUT2D eigenvalue weighted by molar-refractivity contribution is -0.119. The molecular formula is C10H9Cl2N3O. The number of nitrogens with zero attached hydrogens (tertiary/aromatic N) is 1. The molecule has 0 bridgehead atoms. The lowest BCUT2D eigenvalue weighted by Gasteiger charge is -2.09. The van der Waals surface area contributed by atoms with E-state index in [1.54, 1.807) is 18.2 Å². The lowest BCUT2D eigenvalue weighted by atomic mass is 10.3. The van der Waals surface area contributed by atoms with Crippen LogP contribution in [0.5, 0.6) is 0 Å². The van der Waals surface area contributed by atoms with Crippen LogP contribution in [0.3, 0.4) is 0 Å². The van der Waals surface area contributed by atoms with Crippen molar-refractivity contribution in [3.63, 3.8) is 0 Å². The van der Waals surface area contributed by atoms with Crippen molar-refractivity contribution in [2.75, 3.05) is 18.4 Å².